The standard InChI is InChI=1S/C10H23N3O/c1-9(14)12-7-5-11-6-8-13-10(2,3)4/h11,13H,5-8H2,1-4H3,(H,12,14). The lowest BCUT2D eigenvalue weighted by Gasteiger charge is -2.20. The Morgan fingerprint density at radius 2 is 1.64 bits per heavy atom. The Morgan fingerprint density at radius 3 is 2.14 bits per heavy atom. The fourth-order valence-corrected chi connectivity index (χ4v) is 0.978. The van der Waals surface area contributed by atoms with Crippen LogP contribution in [0.3, 0.4) is 0 Å². The van der Waals surface area contributed by atoms with Crippen molar-refractivity contribution in [1.29, 1.82) is 0 Å². The van der Waals surface area contributed by atoms with Gasteiger partial charge in [0.05, 0.1) is 0 Å². The molecule has 0 bridgehead atoms. The first kappa shape index (κ1) is 13.4. The van der Waals surface area contributed by atoms with Crippen LogP contribution in [0.2, 0.25) is 0 Å². The molecular formula is C10H23N3O. The number of hydrogen-bond acceptors (Lipinski definition) is 3. The van der Waals surface area contributed by atoms with Crippen LogP contribution in [0.5, 0.6) is 0 Å². The minimum Gasteiger partial charge on any atom is -0.355 e. The molecule has 0 spiro atoms. The van der Waals surface area contributed by atoms with Crippen molar-refractivity contribution >= 4 is 5.91 Å². The fraction of sp³-hybridized carbons (Fsp3) is 0.900. The topological polar surface area (TPSA) is 53.2 Å². The summed E-state index contributed by atoms with van der Waals surface area (Å²) in [6, 6.07) is 0. The van der Waals surface area contributed by atoms with Gasteiger partial charge in [0.25, 0.3) is 0 Å². The van der Waals surface area contributed by atoms with E-state index in [0.29, 0.717) is 6.54 Å². The minimum absolute atomic E-state index is 0.0274. The molecule has 14 heavy (non-hydrogen) atoms. The van der Waals surface area contributed by atoms with Crippen molar-refractivity contribution < 1.29 is 4.79 Å². The zero-order valence-corrected chi connectivity index (χ0v) is 9.74. The zero-order chi connectivity index (χ0) is 11.0. The molecule has 0 saturated carbocycles. The molecule has 4 nitrogen and oxygen atoms in total. The van der Waals surface area contributed by atoms with E-state index in [4.69, 9.17) is 0 Å². The van der Waals surface area contributed by atoms with Gasteiger partial charge in [-0.1, -0.05) is 0 Å². The molecule has 84 valence electrons. The van der Waals surface area contributed by atoms with Gasteiger partial charge >= 0.3 is 0 Å². The summed E-state index contributed by atoms with van der Waals surface area (Å²) in [6.07, 6.45) is 0. The molecule has 0 unspecified atom stereocenters. The first-order valence-corrected chi connectivity index (χ1v) is 5.12. The van der Waals surface area contributed by atoms with Crippen LogP contribution in [0.25, 0.3) is 0 Å². The van der Waals surface area contributed by atoms with E-state index in [9.17, 15) is 4.79 Å². The summed E-state index contributed by atoms with van der Waals surface area (Å²) in [6.45, 7) is 11.4. The molecule has 0 heterocycles. The monoisotopic (exact) mass is 201 g/mol. The van der Waals surface area contributed by atoms with E-state index in [-0.39, 0.29) is 11.4 Å². The zero-order valence-electron chi connectivity index (χ0n) is 9.74. The minimum atomic E-state index is 0.0274. The Hall–Kier alpha value is -0.610. The van der Waals surface area contributed by atoms with Crippen LogP contribution in [-0.4, -0.2) is 37.6 Å². The van der Waals surface area contributed by atoms with Gasteiger partial charge < -0.3 is 16.0 Å². The molecule has 3 N–H and O–H groups in total. The van der Waals surface area contributed by atoms with Crippen molar-refractivity contribution in [3.63, 3.8) is 0 Å². The maximum absolute atomic E-state index is 10.5. The average Bonchev–Trinajstić information content (AvgIpc) is 2.00. The van der Waals surface area contributed by atoms with Crippen LogP contribution in [-0.2, 0) is 4.79 Å². The molecular weight excluding hydrogens is 178 g/mol. The summed E-state index contributed by atoms with van der Waals surface area (Å²) < 4.78 is 0. The number of rotatable bonds is 6. The molecule has 0 aliphatic carbocycles. The van der Waals surface area contributed by atoms with Crippen molar-refractivity contribution in [3.05, 3.63) is 0 Å². The van der Waals surface area contributed by atoms with Crippen molar-refractivity contribution in [2.75, 3.05) is 26.2 Å². The molecule has 0 aliphatic heterocycles. The van der Waals surface area contributed by atoms with Crippen molar-refractivity contribution in [3.8, 4) is 0 Å². The number of nitrogens with one attached hydrogen (secondary N) is 3. The van der Waals surface area contributed by atoms with Gasteiger partial charge in [-0.2, -0.15) is 0 Å². The van der Waals surface area contributed by atoms with Gasteiger partial charge in [0, 0.05) is 38.6 Å². The van der Waals surface area contributed by atoms with Gasteiger partial charge in [-0.25, -0.2) is 0 Å². The van der Waals surface area contributed by atoms with Crippen LogP contribution in [0, 0.1) is 0 Å². The molecule has 0 aromatic rings. The number of amides is 1. The van der Waals surface area contributed by atoms with Crippen molar-refractivity contribution in [2.45, 2.75) is 33.2 Å². The maximum Gasteiger partial charge on any atom is 0.216 e. The first-order chi connectivity index (χ1) is 6.42. The Balaban J connectivity index is 3.11. The van der Waals surface area contributed by atoms with Gasteiger partial charge in [-0.15, -0.1) is 0 Å². The van der Waals surface area contributed by atoms with Crippen molar-refractivity contribution in [2.24, 2.45) is 0 Å². The summed E-state index contributed by atoms with van der Waals surface area (Å²) in [7, 11) is 0. The molecule has 0 saturated heterocycles. The van der Waals surface area contributed by atoms with E-state index in [0.717, 1.165) is 19.6 Å². The largest absolute Gasteiger partial charge is 0.355 e. The summed E-state index contributed by atoms with van der Waals surface area (Å²) >= 11 is 0. The van der Waals surface area contributed by atoms with E-state index in [1.54, 1.807) is 0 Å². The number of carbonyl (C=O) groups is 1. The highest BCUT2D eigenvalue weighted by Crippen LogP contribution is 1.95. The SMILES string of the molecule is CC(=O)NCCNCCNC(C)(C)C. The van der Waals surface area contributed by atoms with Crippen LogP contribution in [0.1, 0.15) is 27.7 Å². The van der Waals surface area contributed by atoms with Crippen LogP contribution in [0.4, 0.5) is 0 Å². The van der Waals surface area contributed by atoms with Crippen LogP contribution >= 0.6 is 0 Å². The predicted molar refractivity (Wildman–Crippen MR) is 59.3 cm³/mol. The van der Waals surface area contributed by atoms with E-state index in [2.05, 4.69) is 36.7 Å². The average molecular weight is 201 g/mol. The third-order valence-corrected chi connectivity index (χ3v) is 1.63. The molecule has 4 heteroatoms. The van der Waals surface area contributed by atoms with E-state index in [1.165, 1.54) is 6.92 Å². The second-order valence-corrected chi connectivity index (χ2v) is 4.41. The van der Waals surface area contributed by atoms with Crippen molar-refractivity contribution in [1.82, 2.24) is 16.0 Å². The first-order valence-electron chi connectivity index (χ1n) is 5.12. The third kappa shape index (κ3) is 11.4. The molecule has 0 aliphatic rings. The summed E-state index contributed by atoms with van der Waals surface area (Å²) in [5.74, 6) is 0.0274. The van der Waals surface area contributed by atoms with Crippen LogP contribution < -0.4 is 16.0 Å². The quantitative estimate of drug-likeness (QED) is 0.534. The highest BCUT2D eigenvalue weighted by Gasteiger charge is 2.06. The van der Waals surface area contributed by atoms with E-state index < -0.39 is 0 Å². The molecule has 0 atom stereocenters. The van der Waals surface area contributed by atoms with Gasteiger partial charge in [0.1, 0.15) is 0 Å². The highest BCUT2D eigenvalue weighted by atomic mass is 16.1. The number of carbonyl (C=O) groups excluding carboxylic acids is 1. The Labute approximate surface area is 86.8 Å². The Morgan fingerprint density at radius 1 is 1.07 bits per heavy atom. The molecule has 0 fully saturated rings. The predicted octanol–water partition coefficient (Wildman–Crippen LogP) is 0.100. The molecule has 1 amide bonds. The van der Waals surface area contributed by atoms with E-state index in [1.807, 2.05) is 0 Å². The third-order valence-electron chi connectivity index (χ3n) is 1.63. The summed E-state index contributed by atoms with van der Waals surface area (Å²) in [5, 5.41) is 9.34. The normalized spacial score (nSPS) is 11.4. The lowest BCUT2D eigenvalue weighted by Crippen LogP contribution is -2.41. The smallest absolute Gasteiger partial charge is 0.216 e. The second kappa shape index (κ2) is 6.79. The lowest BCUT2D eigenvalue weighted by atomic mass is 10.1. The van der Waals surface area contributed by atoms with Gasteiger partial charge in [0.2, 0.25) is 5.91 Å². The molecule has 0 radical (unpaired) electrons. The van der Waals surface area contributed by atoms with Gasteiger partial charge in [-0.05, 0) is 20.8 Å². The lowest BCUT2D eigenvalue weighted by molar-refractivity contribution is -0.118. The van der Waals surface area contributed by atoms with Gasteiger partial charge in [-0.3, -0.25) is 4.79 Å². The number of hydrogen-bond donors (Lipinski definition) is 3. The van der Waals surface area contributed by atoms with Gasteiger partial charge in [0.15, 0.2) is 0 Å². The Kier molecular flexibility index (Phi) is 6.49. The molecule has 0 aromatic heterocycles. The summed E-state index contributed by atoms with van der Waals surface area (Å²) in [5.41, 5.74) is 0.180. The maximum atomic E-state index is 10.5. The fourth-order valence-electron chi connectivity index (χ4n) is 0.978. The van der Waals surface area contributed by atoms with E-state index >= 15 is 0 Å². The molecule has 0 rings (SSSR count). The summed E-state index contributed by atoms with van der Waals surface area (Å²) in [4.78, 5) is 10.5. The van der Waals surface area contributed by atoms with Crippen LogP contribution in [0.15, 0.2) is 0 Å². The molecule has 0 aromatic carbocycles. The highest BCUT2D eigenvalue weighted by molar-refractivity contribution is 5.72. The second-order valence-electron chi connectivity index (χ2n) is 4.41. The Bertz CT molecular complexity index is 163.